The zero-order chi connectivity index (χ0) is 16.9. The van der Waals surface area contributed by atoms with Crippen molar-refractivity contribution in [3.63, 3.8) is 0 Å². The highest BCUT2D eigenvalue weighted by molar-refractivity contribution is 6.06. The first kappa shape index (κ1) is 15.7. The van der Waals surface area contributed by atoms with Gasteiger partial charge in [0.15, 0.2) is 0 Å². The molecule has 0 fully saturated rings. The molecule has 4 heteroatoms. The lowest BCUT2D eigenvalue weighted by Gasteiger charge is -2.21. The molecule has 1 N–H and O–H groups in total. The standard InChI is InChI=1S/C20H18N2O2/c1-2-22(17-11-7-4-8-12-17)20(24)16-13-18(19(23)21-14-16)15-9-5-3-6-10-15/h3-14H,2H2,1H3,(H,21,23). The van der Waals surface area contributed by atoms with Gasteiger partial charge in [-0.25, -0.2) is 0 Å². The highest BCUT2D eigenvalue weighted by atomic mass is 16.2. The van der Waals surface area contributed by atoms with E-state index < -0.39 is 0 Å². The second-order valence-corrected chi connectivity index (χ2v) is 5.38. The zero-order valence-corrected chi connectivity index (χ0v) is 13.4. The summed E-state index contributed by atoms with van der Waals surface area (Å²) in [5.74, 6) is -0.142. The summed E-state index contributed by atoms with van der Waals surface area (Å²) in [5, 5.41) is 0. The van der Waals surface area contributed by atoms with Crippen LogP contribution in [0, 0.1) is 0 Å². The van der Waals surface area contributed by atoms with Gasteiger partial charge in [0.1, 0.15) is 0 Å². The van der Waals surface area contributed by atoms with Gasteiger partial charge >= 0.3 is 0 Å². The van der Waals surface area contributed by atoms with Gasteiger partial charge < -0.3 is 9.88 Å². The third-order valence-corrected chi connectivity index (χ3v) is 3.86. The van der Waals surface area contributed by atoms with Crippen LogP contribution in [-0.2, 0) is 0 Å². The fourth-order valence-electron chi connectivity index (χ4n) is 2.65. The van der Waals surface area contributed by atoms with Crippen LogP contribution in [0.25, 0.3) is 11.1 Å². The number of hydrogen-bond acceptors (Lipinski definition) is 2. The molecule has 0 unspecified atom stereocenters. The minimum atomic E-state index is -0.208. The Morgan fingerprint density at radius 3 is 2.25 bits per heavy atom. The summed E-state index contributed by atoms with van der Waals surface area (Å²) in [5.41, 5.74) is 2.36. The van der Waals surface area contributed by atoms with Crippen molar-refractivity contribution in [3.05, 3.63) is 88.8 Å². The zero-order valence-electron chi connectivity index (χ0n) is 13.4. The molecule has 0 aliphatic heterocycles. The van der Waals surface area contributed by atoms with Gasteiger partial charge in [-0.3, -0.25) is 9.59 Å². The number of benzene rings is 2. The minimum Gasteiger partial charge on any atom is -0.328 e. The van der Waals surface area contributed by atoms with Crippen molar-refractivity contribution in [1.29, 1.82) is 0 Å². The van der Waals surface area contributed by atoms with Crippen molar-refractivity contribution < 1.29 is 4.79 Å². The minimum absolute atomic E-state index is 0.142. The number of carbonyl (C=O) groups is 1. The summed E-state index contributed by atoms with van der Waals surface area (Å²) in [6.07, 6.45) is 1.47. The molecule has 0 atom stereocenters. The number of nitrogens with zero attached hydrogens (tertiary/aromatic N) is 1. The number of aromatic nitrogens is 1. The molecule has 3 aromatic rings. The summed E-state index contributed by atoms with van der Waals surface area (Å²) >= 11 is 0. The van der Waals surface area contributed by atoms with E-state index in [4.69, 9.17) is 0 Å². The van der Waals surface area contributed by atoms with E-state index in [1.165, 1.54) is 6.20 Å². The van der Waals surface area contributed by atoms with E-state index in [0.717, 1.165) is 11.3 Å². The van der Waals surface area contributed by atoms with Crippen molar-refractivity contribution in [3.8, 4) is 11.1 Å². The van der Waals surface area contributed by atoms with Crippen LogP contribution in [0.4, 0.5) is 5.69 Å². The molecule has 0 spiro atoms. The number of hydrogen-bond donors (Lipinski definition) is 1. The highest BCUT2D eigenvalue weighted by Crippen LogP contribution is 2.19. The third kappa shape index (κ3) is 3.13. The van der Waals surface area contributed by atoms with Crippen molar-refractivity contribution in [2.45, 2.75) is 6.92 Å². The quantitative estimate of drug-likeness (QED) is 0.797. The first-order chi connectivity index (χ1) is 11.7. The molecular weight excluding hydrogens is 300 g/mol. The van der Waals surface area contributed by atoms with Crippen LogP contribution in [0.15, 0.2) is 77.7 Å². The summed E-state index contributed by atoms with van der Waals surface area (Å²) in [4.78, 5) is 29.4. The molecule has 1 amide bonds. The number of H-pyrrole nitrogens is 1. The van der Waals surface area contributed by atoms with E-state index in [1.807, 2.05) is 67.6 Å². The molecule has 2 aromatic carbocycles. The largest absolute Gasteiger partial charge is 0.328 e. The average molecular weight is 318 g/mol. The smallest absolute Gasteiger partial charge is 0.259 e. The molecule has 0 aliphatic carbocycles. The molecule has 24 heavy (non-hydrogen) atoms. The number of aromatic amines is 1. The van der Waals surface area contributed by atoms with Crippen molar-refractivity contribution >= 4 is 11.6 Å². The van der Waals surface area contributed by atoms with E-state index in [1.54, 1.807) is 11.0 Å². The van der Waals surface area contributed by atoms with E-state index in [2.05, 4.69) is 4.98 Å². The number of rotatable bonds is 4. The number of carbonyl (C=O) groups excluding carboxylic acids is 1. The van der Waals surface area contributed by atoms with Gasteiger partial charge in [0, 0.05) is 24.0 Å². The topological polar surface area (TPSA) is 53.2 Å². The van der Waals surface area contributed by atoms with Gasteiger partial charge in [0.25, 0.3) is 11.5 Å². The van der Waals surface area contributed by atoms with Gasteiger partial charge in [-0.15, -0.1) is 0 Å². The molecule has 4 nitrogen and oxygen atoms in total. The molecular formula is C20H18N2O2. The van der Waals surface area contributed by atoms with E-state index in [9.17, 15) is 9.59 Å². The van der Waals surface area contributed by atoms with Gasteiger partial charge in [0.05, 0.1) is 5.56 Å². The van der Waals surface area contributed by atoms with Gasteiger partial charge in [-0.05, 0) is 30.7 Å². The fraction of sp³-hybridized carbons (Fsp3) is 0.100. The second-order valence-electron chi connectivity index (χ2n) is 5.38. The van der Waals surface area contributed by atoms with Crippen LogP contribution < -0.4 is 10.5 Å². The van der Waals surface area contributed by atoms with E-state index in [0.29, 0.717) is 17.7 Å². The maximum Gasteiger partial charge on any atom is 0.259 e. The van der Waals surface area contributed by atoms with E-state index in [-0.39, 0.29) is 11.5 Å². The van der Waals surface area contributed by atoms with Crippen LogP contribution in [-0.4, -0.2) is 17.4 Å². The number of amides is 1. The molecule has 0 saturated carbocycles. The summed E-state index contributed by atoms with van der Waals surface area (Å²) in [6, 6.07) is 20.5. The Hall–Kier alpha value is -3.14. The van der Waals surface area contributed by atoms with E-state index >= 15 is 0 Å². The molecule has 0 radical (unpaired) electrons. The average Bonchev–Trinajstić information content (AvgIpc) is 2.64. The van der Waals surface area contributed by atoms with Gasteiger partial charge in [-0.1, -0.05) is 48.5 Å². The monoisotopic (exact) mass is 318 g/mol. The van der Waals surface area contributed by atoms with Crippen molar-refractivity contribution in [2.75, 3.05) is 11.4 Å². The number of anilines is 1. The Morgan fingerprint density at radius 1 is 1.00 bits per heavy atom. The lowest BCUT2D eigenvalue weighted by Crippen LogP contribution is -2.31. The third-order valence-electron chi connectivity index (χ3n) is 3.86. The predicted octanol–water partition coefficient (Wildman–Crippen LogP) is 3.71. The Bertz CT molecular complexity index is 886. The molecule has 1 heterocycles. The molecule has 0 aliphatic rings. The molecule has 0 saturated heterocycles. The number of nitrogens with one attached hydrogen (secondary N) is 1. The Morgan fingerprint density at radius 2 is 1.62 bits per heavy atom. The molecule has 0 bridgehead atoms. The molecule has 120 valence electrons. The SMILES string of the molecule is CCN(C(=O)c1c[nH]c(=O)c(-c2ccccc2)c1)c1ccccc1. The maximum absolute atomic E-state index is 12.9. The lowest BCUT2D eigenvalue weighted by atomic mass is 10.1. The fourth-order valence-corrected chi connectivity index (χ4v) is 2.65. The summed E-state index contributed by atoms with van der Waals surface area (Å²) in [7, 11) is 0. The highest BCUT2D eigenvalue weighted by Gasteiger charge is 2.17. The van der Waals surface area contributed by atoms with Crippen LogP contribution in [0.1, 0.15) is 17.3 Å². The molecule has 3 rings (SSSR count). The number of para-hydroxylation sites is 1. The van der Waals surface area contributed by atoms with Crippen molar-refractivity contribution in [1.82, 2.24) is 4.98 Å². The normalized spacial score (nSPS) is 10.4. The summed E-state index contributed by atoms with van der Waals surface area (Å²) in [6.45, 7) is 2.47. The van der Waals surface area contributed by atoms with Gasteiger partial charge in [0.2, 0.25) is 0 Å². The first-order valence-corrected chi connectivity index (χ1v) is 7.85. The van der Waals surface area contributed by atoms with Crippen LogP contribution in [0.2, 0.25) is 0 Å². The Labute approximate surface area is 140 Å². The Kier molecular flexibility index (Phi) is 4.57. The molecule has 1 aromatic heterocycles. The lowest BCUT2D eigenvalue weighted by molar-refractivity contribution is 0.0988. The van der Waals surface area contributed by atoms with Crippen LogP contribution >= 0.6 is 0 Å². The maximum atomic E-state index is 12.9. The number of pyridine rings is 1. The van der Waals surface area contributed by atoms with Crippen molar-refractivity contribution in [2.24, 2.45) is 0 Å². The first-order valence-electron chi connectivity index (χ1n) is 7.85. The summed E-state index contributed by atoms with van der Waals surface area (Å²) < 4.78 is 0. The van der Waals surface area contributed by atoms with Crippen LogP contribution in [0.5, 0.6) is 0 Å². The van der Waals surface area contributed by atoms with Gasteiger partial charge in [-0.2, -0.15) is 0 Å². The Balaban J connectivity index is 2.00. The second kappa shape index (κ2) is 6.96. The predicted molar refractivity (Wildman–Crippen MR) is 96.3 cm³/mol. The van der Waals surface area contributed by atoms with Crippen LogP contribution in [0.3, 0.4) is 0 Å².